The van der Waals surface area contributed by atoms with Crippen LogP contribution >= 0.6 is 15.9 Å². The van der Waals surface area contributed by atoms with Gasteiger partial charge in [0.1, 0.15) is 5.75 Å². The fourth-order valence-electron chi connectivity index (χ4n) is 1.31. The summed E-state index contributed by atoms with van der Waals surface area (Å²) in [5, 5.41) is 3.05. The molecule has 0 saturated heterocycles. The van der Waals surface area contributed by atoms with Gasteiger partial charge in [-0.3, -0.25) is 4.21 Å². The first-order valence-electron chi connectivity index (χ1n) is 5.33. The predicted octanol–water partition coefficient (Wildman–Crippen LogP) is 2.82. The second-order valence-corrected chi connectivity index (χ2v) is 6.18. The van der Waals surface area contributed by atoms with Crippen LogP contribution in [0.1, 0.15) is 5.56 Å². The average Bonchev–Trinajstić information content (AvgIpc) is 2.26. The Hall–Kier alpha value is -0.600. The van der Waals surface area contributed by atoms with E-state index in [1.54, 1.807) is 18.4 Å². The highest BCUT2D eigenvalue weighted by Crippen LogP contribution is 2.30. The summed E-state index contributed by atoms with van der Waals surface area (Å²) in [5.74, 6) is 0.266. The van der Waals surface area contributed by atoms with Gasteiger partial charge in [-0.25, -0.2) is 0 Å². The van der Waals surface area contributed by atoms with Crippen LogP contribution in [0.2, 0.25) is 0 Å². The van der Waals surface area contributed by atoms with E-state index in [-0.39, 0.29) is 10.2 Å². The van der Waals surface area contributed by atoms with Gasteiger partial charge in [0.2, 0.25) is 0 Å². The van der Waals surface area contributed by atoms with E-state index in [4.69, 9.17) is 0 Å². The summed E-state index contributed by atoms with van der Waals surface area (Å²) < 4.78 is 51.1. The zero-order valence-corrected chi connectivity index (χ0v) is 12.5. The van der Waals surface area contributed by atoms with Crippen molar-refractivity contribution in [2.45, 2.75) is 12.9 Å². The molecular weight excluding hydrogens is 347 g/mol. The molecule has 0 aromatic heterocycles. The molecule has 0 spiro atoms. The zero-order chi connectivity index (χ0) is 14.5. The van der Waals surface area contributed by atoms with Crippen LogP contribution in [0.4, 0.5) is 13.2 Å². The molecule has 1 aromatic rings. The minimum atomic E-state index is -4.70. The second kappa shape index (κ2) is 7.25. The highest BCUT2D eigenvalue weighted by atomic mass is 79.9. The third-order valence-corrected chi connectivity index (χ3v) is 3.52. The molecule has 19 heavy (non-hydrogen) atoms. The third-order valence-electron chi connectivity index (χ3n) is 2.12. The van der Waals surface area contributed by atoms with Gasteiger partial charge in [-0.05, 0) is 33.6 Å². The smallest absolute Gasteiger partial charge is 0.405 e. The molecule has 0 heterocycles. The number of alkyl halides is 3. The molecule has 1 atom stereocenters. The van der Waals surface area contributed by atoms with E-state index >= 15 is 0 Å². The molecule has 0 saturated carbocycles. The molecule has 1 rings (SSSR count). The quantitative estimate of drug-likeness (QED) is 0.793. The number of ether oxygens (including phenoxy) is 1. The lowest BCUT2D eigenvalue weighted by Crippen LogP contribution is -2.20. The molecule has 0 fully saturated rings. The van der Waals surface area contributed by atoms with E-state index in [1.807, 2.05) is 0 Å². The summed E-state index contributed by atoms with van der Waals surface area (Å²) in [7, 11) is -0.860. The van der Waals surface area contributed by atoms with E-state index in [0.717, 1.165) is 5.56 Å². The summed E-state index contributed by atoms with van der Waals surface area (Å²) in [4.78, 5) is 0. The summed E-state index contributed by atoms with van der Waals surface area (Å²) in [5.41, 5.74) is 0.809. The van der Waals surface area contributed by atoms with Crippen molar-refractivity contribution in [1.82, 2.24) is 5.32 Å². The lowest BCUT2D eigenvalue weighted by atomic mass is 10.2. The van der Waals surface area contributed by atoms with Gasteiger partial charge in [0, 0.05) is 35.9 Å². The van der Waals surface area contributed by atoms with E-state index in [1.165, 1.54) is 6.07 Å². The maximum Gasteiger partial charge on any atom is 0.573 e. The molecule has 1 N–H and O–H groups in total. The molecule has 0 aliphatic heterocycles. The standard InChI is InChI=1S/C11H13BrF3NO2S/c1-19(17)5-4-16-7-8-2-3-10(9(12)6-8)18-11(13,14)15/h2-3,6,16H,4-5,7H2,1H3. The van der Waals surface area contributed by atoms with E-state index < -0.39 is 17.2 Å². The van der Waals surface area contributed by atoms with E-state index in [0.29, 0.717) is 18.8 Å². The van der Waals surface area contributed by atoms with Gasteiger partial charge in [-0.15, -0.1) is 13.2 Å². The molecule has 0 bridgehead atoms. The Morgan fingerprint density at radius 2 is 2.11 bits per heavy atom. The van der Waals surface area contributed by atoms with Crippen molar-refractivity contribution in [3.8, 4) is 5.75 Å². The van der Waals surface area contributed by atoms with Gasteiger partial charge >= 0.3 is 6.36 Å². The van der Waals surface area contributed by atoms with Gasteiger partial charge in [0.15, 0.2) is 0 Å². The SMILES string of the molecule is CS(=O)CCNCc1ccc(OC(F)(F)F)c(Br)c1. The zero-order valence-electron chi connectivity index (χ0n) is 10.1. The average molecular weight is 360 g/mol. The summed E-state index contributed by atoms with van der Waals surface area (Å²) >= 11 is 3.03. The Bertz CT molecular complexity index is 454. The molecule has 108 valence electrons. The van der Waals surface area contributed by atoms with Gasteiger partial charge < -0.3 is 10.1 Å². The number of hydrogen-bond donors (Lipinski definition) is 1. The van der Waals surface area contributed by atoms with E-state index in [2.05, 4.69) is 26.0 Å². The number of nitrogens with one attached hydrogen (secondary N) is 1. The van der Waals surface area contributed by atoms with Crippen LogP contribution in [-0.4, -0.2) is 29.1 Å². The van der Waals surface area contributed by atoms with Crippen LogP contribution in [0.25, 0.3) is 0 Å². The maximum atomic E-state index is 12.1. The van der Waals surface area contributed by atoms with Crippen molar-refractivity contribution in [2.24, 2.45) is 0 Å². The Labute approximate surface area is 120 Å². The van der Waals surface area contributed by atoms with Crippen LogP contribution in [0.15, 0.2) is 22.7 Å². The molecule has 0 aliphatic rings. The van der Waals surface area contributed by atoms with Crippen LogP contribution in [-0.2, 0) is 17.3 Å². The highest BCUT2D eigenvalue weighted by Gasteiger charge is 2.31. The van der Waals surface area contributed by atoms with Crippen LogP contribution in [0.3, 0.4) is 0 Å². The normalized spacial score (nSPS) is 13.3. The molecule has 3 nitrogen and oxygen atoms in total. The van der Waals surface area contributed by atoms with Crippen molar-refractivity contribution in [1.29, 1.82) is 0 Å². The van der Waals surface area contributed by atoms with Crippen molar-refractivity contribution >= 4 is 26.7 Å². The number of benzene rings is 1. The fourth-order valence-corrected chi connectivity index (χ4v) is 2.25. The molecule has 1 unspecified atom stereocenters. The second-order valence-electron chi connectivity index (χ2n) is 3.77. The minimum absolute atomic E-state index is 0.239. The summed E-state index contributed by atoms with van der Waals surface area (Å²) in [6.07, 6.45) is -3.09. The van der Waals surface area contributed by atoms with Crippen LogP contribution < -0.4 is 10.1 Å². The lowest BCUT2D eigenvalue weighted by molar-refractivity contribution is -0.274. The first kappa shape index (κ1) is 16.5. The van der Waals surface area contributed by atoms with Gasteiger partial charge in [-0.1, -0.05) is 6.07 Å². The molecule has 1 aromatic carbocycles. The fraction of sp³-hybridized carbons (Fsp3) is 0.455. The van der Waals surface area contributed by atoms with Crippen molar-refractivity contribution in [3.05, 3.63) is 28.2 Å². The van der Waals surface area contributed by atoms with Crippen molar-refractivity contribution < 1.29 is 22.1 Å². The van der Waals surface area contributed by atoms with Crippen molar-refractivity contribution in [3.63, 3.8) is 0 Å². The largest absolute Gasteiger partial charge is 0.573 e. The first-order valence-corrected chi connectivity index (χ1v) is 7.85. The lowest BCUT2D eigenvalue weighted by Gasteiger charge is -2.11. The molecule has 0 radical (unpaired) electrons. The van der Waals surface area contributed by atoms with Gasteiger partial charge in [0.25, 0.3) is 0 Å². The number of hydrogen-bond acceptors (Lipinski definition) is 3. The molecule has 0 aliphatic carbocycles. The number of rotatable bonds is 6. The van der Waals surface area contributed by atoms with Crippen LogP contribution in [0, 0.1) is 0 Å². The number of halogens is 4. The predicted molar refractivity (Wildman–Crippen MR) is 71.5 cm³/mol. The van der Waals surface area contributed by atoms with Gasteiger partial charge in [-0.2, -0.15) is 0 Å². The van der Waals surface area contributed by atoms with E-state index in [9.17, 15) is 17.4 Å². The minimum Gasteiger partial charge on any atom is -0.405 e. The topological polar surface area (TPSA) is 38.3 Å². The Morgan fingerprint density at radius 3 is 2.63 bits per heavy atom. The third kappa shape index (κ3) is 6.93. The molecular formula is C11H13BrF3NO2S. The van der Waals surface area contributed by atoms with Crippen LogP contribution in [0.5, 0.6) is 5.75 Å². The monoisotopic (exact) mass is 359 g/mol. The highest BCUT2D eigenvalue weighted by molar-refractivity contribution is 9.10. The van der Waals surface area contributed by atoms with Gasteiger partial charge in [0.05, 0.1) is 4.47 Å². The summed E-state index contributed by atoms with van der Waals surface area (Å²) in [6.45, 7) is 1.07. The first-order chi connectivity index (χ1) is 8.78. The van der Waals surface area contributed by atoms with Crippen molar-refractivity contribution in [2.75, 3.05) is 18.6 Å². The Balaban J connectivity index is 2.54. The Kier molecular flexibility index (Phi) is 6.28. The maximum absolute atomic E-state index is 12.1. The molecule has 8 heteroatoms. The Morgan fingerprint density at radius 1 is 1.42 bits per heavy atom. The molecule has 0 amide bonds. The summed E-state index contributed by atoms with van der Waals surface area (Å²) in [6, 6.07) is 4.35.